The minimum atomic E-state index is -0.150. The van der Waals surface area contributed by atoms with Crippen molar-refractivity contribution in [1.29, 1.82) is 0 Å². The van der Waals surface area contributed by atoms with Crippen LogP contribution in [0, 0.1) is 6.92 Å². The van der Waals surface area contributed by atoms with Crippen LogP contribution in [-0.4, -0.2) is 12.9 Å². The van der Waals surface area contributed by atoms with Crippen molar-refractivity contribution in [1.82, 2.24) is 0 Å². The third kappa shape index (κ3) is 7.57. The maximum absolute atomic E-state index is 12.7. The summed E-state index contributed by atoms with van der Waals surface area (Å²) in [5.41, 5.74) is 4.72. The zero-order valence-electron chi connectivity index (χ0n) is 23.5. The summed E-state index contributed by atoms with van der Waals surface area (Å²) in [5, 5.41) is 0. The van der Waals surface area contributed by atoms with Crippen molar-refractivity contribution in [2.45, 2.75) is 53.9 Å². The largest absolute Gasteiger partial charge is 0.497 e. The number of methoxy groups -OCH3 is 1. The van der Waals surface area contributed by atoms with Gasteiger partial charge in [-0.05, 0) is 66.6 Å². The summed E-state index contributed by atoms with van der Waals surface area (Å²) >= 11 is 0. The van der Waals surface area contributed by atoms with Gasteiger partial charge in [-0.1, -0.05) is 95.6 Å². The first-order chi connectivity index (χ1) is 17.9. The van der Waals surface area contributed by atoms with Crippen molar-refractivity contribution >= 4 is 5.78 Å². The Bertz CT molecular complexity index is 1220. The third-order valence-electron chi connectivity index (χ3n) is 6.05. The van der Waals surface area contributed by atoms with Gasteiger partial charge in [0.15, 0.2) is 5.78 Å². The van der Waals surface area contributed by atoms with Gasteiger partial charge in [0.05, 0.1) is 7.11 Å². The number of hydrogen-bond acceptors (Lipinski definition) is 3. The van der Waals surface area contributed by atoms with E-state index in [4.69, 9.17) is 9.47 Å². The molecule has 0 saturated heterocycles. The number of rotatable bonds is 7. The lowest BCUT2D eigenvalue weighted by Crippen LogP contribution is -2.18. The lowest BCUT2D eigenvalue weighted by molar-refractivity contribution is 0.103. The van der Waals surface area contributed by atoms with Gasteiger partial charge in [0.2, 0.25) is 0 Å². The Labute approximate surface area is 223 Å². The lowest BCUT2D eigenvalue weighted by Gasteiger charge is -2.26. The lowest BCUT2D eigenvalue weighted by atomic mass is 9.78. The summed E-state index contributed by atoms with van der Waals surface area (Å²) < 4.78 is 11.3. The van der Waals surface area contributed by atoms with Gasteiger partial charge in [-0.15, -0.1) is 0 Å². The Morgan fingerprint density at radius 2 is 0.919 bits per heavy atom. The van der Waals surface area contributed by atoms with Gasteiger partial charge in [0.1, 0.15) is 17.2 Å². The molecule has 4 aromatic carbocycles. The Hall–Kier alpha value is -3.85. The number of benzene rings is 4. The van der Waals surface area contributed by atoms with Gasteiger partial charge in [0.25, 0.3) is 0 Å². The normalized spacial score (nSPS) is 10.3. The van der Waals surface area contributed by atoms with Gasteiger partial charge < -0.3 is 9.47 Å². The first kappa shape index (κ1) is 29.4. The molecule has 0 saturated carbocycles. The van der Waals surface area contributed by atoms with E-state index in [1.807, 2.05) is 95.3 Å². The smallest absolute Gasteiger partial charge is 0.193 e. The second kappa shape index (κ2) is 14.0. The molecule has 0 amide bonds. The van der Waals surface area contributed by atoms with Crippen LogP contribution in [0.4, 0.5) is 0 Å². The first-order valence-corrected chi connectivity index (χ1v) is 13.0. The quantitative estimate of drug-likeness (QED) is 0.239. The molecule has 0 unspecified atom stereocenters. The highest BCUT2D eigenvalue weighted by Gasteiger charge is 2.23. The maximum Gasteiger partial charge on any atom is 0.193 e. The maximum atomic E-state index is 12.7. The number of carbonyl (C=O) groups excluding carboxylic acids is 1. The van der Waals surface area contributed by atoms with E-state index in [-0.39, 0.29) is 11.2 Å². The number of hydrogen-bond donors (Lipinski definition) is 0. The summed E-state index contributed by atoms with van der Waals surface area (Å²) in [6, 6.07) is 31.2. The Morgan fingerprint density at radius 1 is 0.568 bits per heavy atom. The monoisotopic (exact) mass is 496 g/mol. The molecule has 0 aliphatic heterocycles. The minimum Gasteiger partial charge on any atom is -0.497 e. The van der Waals surface area contributed by atoms with E-state index >= 15 is 0 Å². The van der Waals surface area contributed by atoms with E-state index < -0.39 is 0 Å². The Morgan fingerprint density at radius 3 is 1.32 bits per heavy atom. The van der Waals surface area contributed by atoms with E-state index in [0.29, 0.717) is 16.9 Å². The van der Waals surface area contributed by atoms with Crippen LogP contribution >= 0.6 is 0 Å². The highest BCUT2D eigenvalue weighted by atomic mass is 16.5. The SMILES string of the molecule is CC.CC.COc1ccc(C(C)(C)c2ccc(Oc3ccc(C(=O)c4ccc(C)cc4)cc3)cc2)cc1. The molecule has 0 aromatic heterocycles. The Kier molecular flexibility index (Phi) is 11.1. The highest BCUT2D eigenvalue weighted by Crippen LogP contribution is 2.34. The van der Waals surface area contributed by atoms with E-state index in [9.17, 15) is 4.79 Å². The second-order valence-electron chi connectivity index (χ2n) is 8.70. The van der Waals surface area contributed by atoms with E-state index in [1.165, 1.54) is 11.1 Å². The average molecular weight is 497 g/mol. The van der Waals surface area contributed by atoms with Crippen LogP contribution in [0.15, 0.2) is 97.1 Å². The van der Waals surface area contributed by atoms with Gasteiger partial charge >= 0.3 is 0 Å². The molecule has 0 atom stereocenters. The van der Waals surface area contributed by atoms with Crippen LogP contribution in [0.1, 0.15) is 74.2 Å². The number of ketones is 1. The fraction of sp³-hybridized carbons (Fsp3) is 0.265. The van der Waals surface area contributed by atoms with E-state index in [0.717, 1.165) is 17.1 Å². The van der Waals surface area contributed by atoms with Crippen LogP contribution in [0.5, 0.6) is 17.2 Å². The van der Waals surface area contributed by atoms with Gasteiger partial charge in [0, 0.05) is 16.5 Å². The number of aryl methyl sites for hydroxylation is 1. The molecule has 0 heterocycles. The zero-order valence-corrected chi connectivity index (χ0v) is 23.5. The molecule has 0 N–H and O–H groups in total. The second-order valence-corrected chi connectivity index (χ2v) is 8.70. The molecule has 4 aromatic rings. The zero-order chi connectivity index (χ0) is 27.4. The van der Waals surface area contributed by atoms with Crippen LogP contribution in [0.3, 0.4) is 0 Å². The van der Waals surface area contributed by atoms with Gasteiger partial charge in [-0.2, -0.15) is 0 Å². The molecule has 194 valence electrons. The molecule has 0 fully saturated rings. The van der Waals surface area contributed by atoms with Crippen molar-refractivity contribution in [3.05, 3.63) is 125 Å². The number of ether oxygens (including phenoxy) is 2. The van der Waals surface area contributed by atoms with Crippen molar-refractivity contribution in [3.63, 3.8) is 0 Å². The predicted molar refractivity (Wildman–Crippen MR) is 155 cm³/mol. The molecular weight excluding hydrogens is 456 g/mol. The van der Waals surface area contributed by atoms with Gasteiger partial charge in [-0.3, -0.25) is 4.79 Å². The van der Waals surface area contributed by atoms with Crippen molar-refractivity contribution in [2.24, 2.45) is 0 Å². The molecule has 0 radical (unpaired) electrons. The summed E-state index contributed by atoms with van der Waals surface area (Å²) in [6.07, 6.45) is 0. The fourth-order valence-electron chi connectivity index (χ4n) is 3.80. The van der Waals surface area contributed by atoms with Crippen molar-refractivity contribution in [3.8, 4) is 17.2 Å². The fourth-order valence-corrected chi connectivity index (χ4v) is 3.80. The van der Waals surface area contributed by atoms with Crippen molar-refractivity contribution in [2.75, 3.05) is 7.11 Å². The molecule has 0 bridgehead atoms. The predicted octanol–water partition coefficient (Wildman–Crippen LogP) is 9.41. The summed E-state index contributed by atoms with van der Waals surface area (Å²) in [6.45, 7) is 14.4. The molecule has 0 aliphatic carbocycles. The molecule has 4 rings (SSSR count). The molecule has 37 heavy (non-hydrogen) atoms. The molecule has 3 nitrogen and oxygen atoms in total. The summed E-state index contributed by atoms with van der Waals surface area (Å²) in [5.74, 6) is 2.30. The van der Waals surface area contributed by atoms with E-state index in [2.05, 4.69) is 38.1 Å². The first-order valence-electron chi connectivity index (χ1n) is 13.0. The number of carbonyl (C=O) groups is 1. The van der Waals surface area contributed by atoms with Crippen LogP contribution < -0.4 is 9.47 Å². The van der Waals surface area contributed by atoms with Gasteiger partial charge in [-0.25, -0.2) is 0 Å². The highest BCUT2D eigenvalue weighted by molar-refractivity contribution is 6.09. The molecule has 3 heteroatoms. The van der Waals surface area contributed by atoms with Crippen molar-refractivity contribution < 1.29 is 14.3 Å². The van der Waals surface area contributed by atoms with Crippen LogP contribution in [-0.2, 0) is 5.41 Å². The standard InChI is InChI=1S/C30H28O3.2C2H6/c1-21-5-7-22(8-6-21)29(31)23-9-15-27(16-10-23)33-28-19-13-25(14-20-28)30(2,3)24-11-17-26(32-4)18-12-24;2*1-2/h5-20H,1-4H3;2*1-2H3. The molecule has 0 aliphatic rings. The van der Waals surface area contributed by atoms with E-state index in [1.54, 1.807) is 19.2 Å². The Balaban J connectivity index is 0.00000115. The summed E-state index contributed by atoms with van der Waals surface area (Å²) in [7, 11) is 1.67. The molecule has 0 spiro atoms. The molecular formula is C34H40O3. The van der Waals surface area contributed by atoms with Crippen LogP contribution in [0.2, 0.25) is 0 Å². The van der Waals surface area contributed by atoms with Crippen LogP contribution in [0.25, 0.3) is 0 Å². The average Bonchev–Trinajstić information content (AvgIpc) is 2.96. The topological polar surface area (TPSA) is 35.5 Å². The minimum absolute atomic E-state index is 0.00617. The third-order valence-corrected chi connectivity index (χ3v) is 6.05. The summed E-state index contributed by atoms with van der Waals surface area (Å²) in [4.78, 5) is 12.7.